The van der Waals surface area contributed by atoms with Gasteiger partial charge in [0.1, 0.15) is 5.82 Å². The predicted octanol–water partition coefficient (Wildman–Crippen LogP) is 1.11. The van der Waals surface area contributed by atoms with E-state index in [1.165, 1.54) is 12.1 Å². The fourth-order valence-corrected chi connectivity index (χ4v) is 2.47. The first-order chi connectivity index (χ1) is 9.60. The number of benzene rings is 1. The van der Waals surface area contributed by atoms with E-state index in [0.717, 1.165) is 5.56 Å². The quantitative estimate of drug-likeness (QED) is 0.849. The van der Waals surface area contributed by atoms with E-state index in [-0.39, 0.29) is 29.7 Å². The number of halogens is 1. The Morgan fingerprint density at radius 1 is 1.40 bits per heavy atom. The van der Waals surface area contributed by atoms with E-state index < -0.39 is 0 Å². The zero-order valence-electron chi connectivity index (χ0n) is 11.9. The number of carbonyl (C=O) groups is 1. The summed E-state index contributed by atoms with van der Waals surface area (Å²) in [4.78, 5) is 12.2. The Hall–Kier alpha value is -1.46. The molecule has 1 aromatic carbocycles. The van der Waals surface area contributed by atoms with Crippen LogP contribution in [0.5, 0.6) is 0 Å². The maximum atomic E-state index is 12.8. The van der Waals surface area contributed by atoms with E-state index >= 15 is 0 Å². The van der Waals surface area contributed by atoms with Gasteiger partial charge in [0, 0.05) is 12.1 Å². The van der Waals surface area contributed by atoms with Crippen LogP contribution in [0.15, 0.2) is 24.3 Å². The Labute approximate surface area is 118 Å². The Kier molecular flexibility index (Phi) is 5.09. The van der Waals surface area contributed by atoms with Gasteiger partial charge in [-0.1, -0.05) is 12.1 Å². The Morgan fingerprint density at radius 2 is 2.10 bits per heavy atom. The Balaban J connectivity index is 1.86. The van der Waals surface area contributed by atoms with Crippen LogP contribution in [0.25, 0.3) is 0 Å². The lowest BCUT2D eigenvalue weighted by Gasteiger charge is -2.20. The molecule has 0 aromatic heterocycles. The lowest BCUT2D eigenvalue weighted by molar-refractivity contribution is -0.126. The molecule has 5 heteroatoms. The molecule has 1 saturated heterocycles. The molecule has 1 aliphatic rings. The lowest BCUT2D eigenvalue weighted by atomic mass is 10.0. The Morgan fingerprint density at radius 3 is 2.75 bits per heavy atom. The van der Waals surface area contributed by atoms with Gasteiger partial charge in [-0.2, -0.15) is 0 Å². The van der Waals surface area contributed by atoms with E-state index in [4.69, 9.17) is 4.74 Å². The fraction of sp³-hybridized carbons (Fsp3) is 0.533. The summed E-state index contributed by atoms with van der Waals surface area (Å²) in [6.07, 6.45) is 0.684. The summed E-state index contributed by atoms with van der Waals surface area (Å²) < 4.78 is 18.2. The van der Waals surface area contributed by atoms with Gasteiger partial charge in [0.05, 0.1) is 19.1 Å². The van der Waals surface area contributed by atoms with Gasteiger partial charge >= 0.3 is 0 Å². The number of nitrogens with one attached hydrogen (secondary N) is 2. The highest BCUT2D eigenvalue weighted by Gasteiger charge is 2.33. The van der Waals surface area contributed by atoms with Crippen LogP contribution in [0.1, 0.15) is 12.5 Å². The van der Waals surface area contributed by atoms with Gasteiger partial charge in [-0.25, -0.2) is 4.39 Å². The predicted molar refractivity (Wildman–Crippen MR) is 74.9 cm³/mol. The number of ether oxygens (including phenoxy) is 1. The third kappa shape index (κ3) is 3.77. The molecule has 4 nitrogen and oxygen atoms in total. The summed E-state index contributed by atoms with van der Waals surface area (Å²) in [7, 11) is 1.83. The highest BCUT2D eigenvalue weighted by molar-refractivity contribution is 5.80. The summed E-state index contributed by atoms with van der Waals surface area (Å²) in [6, 6.07) is 6.44. The van der Waals surface area contributed by atoms with Crippen molar-refractivity contribution in [2.45, 2.75) is 25.4 Å². The van der Waals surface area contributed by atoms with Crippen LogP contribution in [0.2, 0.25) is 0 Å². The third-order valence-corrected chi connectivity index (χ3v) is 3.63. The molecule has 3 atom stereocenters. The molecule has 2 N–H and O–H groups in total. The monoisotopic (exact) mass is 280 g/mol. The minimum Gasteiger partial charge on any atom is -0.379 e. The van der Waals surface area contributed by atoms with E-state index in [9.17, 15) is 9.18 Å². The second-order valence-electron chi connectivity index (χ2n) is 5.28. The molecular formula is C15H21FN2O2. The van der Waals surface area contributed by atoms with Crippen LogP contribution in [-0.4, -0.2) is 38.3 Å². The van der Waals surface area contributed by atoms with Gasteiger partial charge < -0.3 is 15.4 Å². The SMILES string of the molecule is CNC1COCC1C(=O)NC(C)Cc1ccc(F)cc1. The van der Waals surface area contributed by atoms with Gasteiger partial charge in [-0.3, -0.25) is 4.79 Å². The number of carbonyl (C=O) groups excluding carboxylic acids is 1. The van der Waals surface area contributed by atoms with Crippen LogP contribution >= 0.6 is 0 Å². The number of rotatable bonds is 5. The fourth-order valence-electron chi connectivity index (χ4n) is 2.47. The van der Waals surface area contributed by atoms with Crippen molar-refractivity contribution in [3.05, 3.63) is 35.6 Å². The summed E-state index contributed by atoms with van der Waals surface area (Å²) in [6.45, 7) is 2.98. The molecule has 0 saturated carbocycles. The maximum Gasteiger partial charge on any atom is 0.227 e. The molecule has 1 fully saturated rings. The van der Waals surface area contributed by atoms with Gasteiger partial charge in [-0.05, 0) is 38.1 Å². The third-order valence-electron chi connectivity index (χ3n) is 3.63. The summed E-state index contributed by atoms with van der Waals surface area (Å²) in [5, 5.41) is 6.09. The standard InChI is InChI=1S/C15H21FN2O2/c1-10(7-11-3-5-12(16)6-4-11)18-15(19)13-8-20-9-14(13)17-2/h3-6,10,13-14,17H,7-9H2,1-2H3,(H,18,19). The second kappa shape index (κ2) is 6.81. The average molecular weight is 280 g/mol. The summed E-state index contributed by atoms with van der Waals surface area (Å²) in [5.41, 5.74) is 1.01. The topological polar surface area (TPSA) is 50.4 Å². The van der Waals surface area contributed by atoms with Gasteiger partial charge in [-0.15, -0.1) is 0 Å². The van der Waals surface area contributed by atoms with Crippen molar-refractivity contribution in [3.8, 4) is 0 Å². The molecule has 2 rings (SSSR count). The van der Waals surface area contributed by atoms with Crippen molar-refractivity contribution >= 4 is 5.91 Å². The smallest absolute Gasteiger partial charge is 0.227 e. The molecule has 0 bridgehead atoms. The van der Waals surface area contributed by atoms with Crippen molar-refractivity contribution in [1.82, 2.24) is 10.6 Å². The Bertz CT molecular complexity index is 450. The van der Waals surface area contributed by atoms with Crippen LogP contribution in [0.3, 0.4) is 0 Å². The molecule has 0 radical (unpaired) electrons. The van der Waals surface area contributed by atoms with Gasteiger partial charge in [0.25, 0.3) is 0 Å². The van der Waals surface area contributed by atoms with Crippen molar-refractivity contribution in [1.29, 1.82) is 0 Å². The number of hydrogen-bond donors (Lipinski definition) is 2. The molecule has 110 valence electrons. The number of likely N-dealkylation sites (N-methyl/N-ethyl adjacent to an activating group) is 1. The highest BCUT2D eigenvalue weighted by atomic mass is 19.1. The molecular weight excluding hydrogens is 259 g/mol. The largest absolute Gasteiger partial charge is 0.379 e. The van der Waals surface area contributed by atoms with Crippen LogP contribution in [-0.2, 0) is 16.0 Å². The van der Waals surface area contributed by atoms with Crippen LogP contribution in [0, 0.1) is 11.7 Å². The van der Waals surface area contributed by atoms with Crippen molar-refractivity contribution < 1.29 is 13.9 Å². The maximum absolute atomic E-state index is 12.8. The summed E-state index contributed by atoms with van der Waals surface area (Å²) >= 11 is 0. The van der Waals surface area contributed by atoms with Gasteiger partial charge in [0.15, 0.2) is 0 Å². The van der Waals surface area contributed by atoms with Crippen LogP contribution < -0.4 is 10.6 Å². The normalized spacial score (nSPS) is 23.6. The zero-order valence-corrected chi connectivity index (χ0v) is 11.9. The molecule has 0 spiro atoms. The van der Waals surface area contributed by atoms with Crippen molar-refractivity contribution in [2.75, 3.05) is 20.3 Å². The molecule has 1 aliphatic heterocycles. The highest BCUT2D eigenvalue weighted by Crippen LogP contribution is 2.14. The number of amides is 1. The zero-order chi connectivity index (χ0) is 14.5. The van der Waals surface area contributed by atoms with E-state index in [2.05, 4.69) is 10.6 Å². The first-order valence-electron chi connectivity index (χ1n) is 6.90. The first kappa shape index (κ1) is 14.9. The molecule has 3 unspecified atom stereocenters. The lowest BCUT2D eigenvalue weighted by Crippen LogP contribution is -2.45. The second-order valence-corrected chi connectivity index (χ2v) is 5.28. The first-order valence-corrected chi connectivity index (χ1v) is 6.90. The van der Waals surface area contributed by atoms with E-state index in [1.54, 1.807) is 12.1 Å². The van der Waals surface area contributed by atoms with Crippen LogP contribution in [0.4, 0.5) is 4.39 Å². The minimum absolute atomic E-state index is 0.00562. The van der Waals surface area contributed by atoms with Gasteiger partial charge in [0.2, 0.25) is 5.91 Å². The molecule has 1 aromatic rings. The molecule has 20 heavy (non-hydrogen) atoms. The molecule has 0 aliphatic carbocycles. The average Bonchev–Trinajstić information content (AvgIpc) is 2.89. The molecule has 1 heterocycles. The minimum atomic E-state index is -0.245. The van der Waals surface area contributed by atoms with Crippen molar-refractivity contribution in [3.63, 3.8) is 0 Å². The van der Waals surface area contributed by atoms with E-state index in [0.29, 0.717) is 19.6 Å². The van der Waals surface area contributed by atoms with Crippen molar-refractivity contribution in [2.24, 2.45) is 5.92 Å². The molecule has 1 amide bonds. The van der Waals surface area contributed by atoms with E-state index in [1.807, 2.05) is 14.0 Å². The number of hydrogen-bond acceptors (Lipinski definition) is 3. The summed E-state index contributed by atoms with van der Waals surface area (Å²) in [5.74, 6) is -0.377.